The SMILES string of the molecule is CN(C)Cc1cc2c(o1)CCN(C(=O)NCCCCc1ccccc1)C2. The summed E-state index contributed by atoms with van der Waals surface area (Å²) in [4.78, 5) is 16.4. The number of fused-ring (bicyclic) bond motifs is 1. The maximum atomic E-state index is 12.4. The molecular formula is C21H29N3O2. The van der Waals surface area contributed by atoms with E-state index in [1.54, 1.807) is 0 Å². The van der Waals surface area contributed by atoms with Gasteiger partial charge in [0.2, 0.25) is 0 Å². The van der Waals surface area contributed by atoms with Gasteiger partial charge in [-0.1, -0.05) is 30.3 Å². The Labute approximate surface area is 156 Å². The zero-order chi connectivity index (χ0) is 18.4. The summed E-state index contributed by atoms with van der Waals surface area (Å²) in [7, 11) is 4.05. The third-order valence-electron chi connectivity index (χ3n) is 4.69. The van der Waals surface area contributed by atoms with Crippen LogP contribution in [0.5, 0.6) is 0 Å². The largest absolute Gasteiger partial charge is 0.464 e. The number of amides is 2. The lowest BCUT2D eigenvalue weighted by atomic mass is 10.1. The maximum Gasteiger partial charge on any atom is 0.317 e. The van der Waals surface area contributed by atoms with Gasteiger partial charge in [-0.15, -0.1) is 0 Å². The summed E-state index contributed by atoms with van der Waals surface area (Å²) in [6.07, 6.45) is 3.94. The van der Waals surface area contributed by atoms with E-state index in [-0.39, 0.29) is 6.03 Å². The first-order chi connectivity index (χ1) is 12.6. The highest BCUT2D eigenvalue weighted by Crippen LogP contribution is 2.23. The molecule has 0 saturated carbocycles. The Morgan fingerprint density at radius 1 is 1.23 bits per heavy atom. The minimum Gasteiger partial charge on any atom is -0.464 e. The topological polar surface area (TPSA) is 48.7 Å². The Balaban J connectivity index is 1.39. The van der Waals surface area contributed by atoms with Gasteiger partial charge in [-0.25, -0.2) is 4.79 Å². The van der Waals surface area contributed by atoms with Gasteiger partial charge in [0.1, 0.15) is 11.5 Å². The number of carbonyl (C=O) groups excluding carboxylic acids is 1. The molecule has 5 nitrogen and oxygen atoms in total. The molecule has 1 aromatic carbocycles. The van der Waals surface area contributed by atoms with E-state index in [2.05, 4.69) is 40.5 Å². The molecule has 0 bridgehead atoms. The molecule has 0 saturated heterocycles. The smallest absolute Gasteiger partial charge is 0.317 e. The number of rotatable bonds is 7. The first kappa shape index (κ1) is 18.5. The second-order valence-electron chi connectivity index (χ2n) is 7.25. The van der Waals surface area contributed by atoms with Crippen molar-refractivity contribution in [3.63, 3.8) is 0 Å². The van der Waals surface area contributed by atoms with Crippen molar-refractivity contribution < 1.29 is 9.21 Å². The molecule has 0 unspecified atom stereocenters. The van der Waals surface area contributed by atoms with E-state index >= 15 is 0 Å². The summed E-state index contributed by atoms with van der Waals surface area (Å²) in [6, 6.07) is 12.6. The fraction of sp³-hybridized carbons (Fsp3) is 0.476. The Kier molecular flexibility index (Phi) is 6.34. The van der Waals surface area contributed by atoms with Crippen LogP contribution in [0.2, 0.25) is 0 Å². The van der Waals surface area contributed by atoms with Gasteiger partial charge in [0.05, 0.1) is 13.1 Å². The van der Waals surface area contributed by atoms with Crippen molar-refractivity contribution in [1.82, 2.24) is 15.1 Å². The first-order valence-electron chi connectivity index (χ1n) is 9.43. The number of carbonyl (C=O) groups is 1. The Hall–Kier alpha value is -2.27. The number of aryl methyl sites for hydroxylation is 1. The van der Waals surface area contributed by atoms with Gasteiger partial charge in [-0.3, -0.25) is 0 Å². The summed E-state index contributed by atoms with van der Waals surface area (Å²) in [5, 5.41) is 3.06. The minimum atomic E-state index is 0.0331. The van der Waals surface area contributed by atoms with Gasteiger partial charge >= 0.3 is 6.03 Å². The monoisotopic (exact) mass is 355 g/mol. The molecule has 26 heavy (non-hydrogen) atoms. The van der Waals surface area contributed by atoms with Gasteiger partial charge in [0.25, 0.3) is 0 Å². The van der Waals surface area contributed by atoms with E-state index in [4.69, 9.17) is 4.42 Å². The standard InChI is InChI=1S/C21H29N3O2/c1-23(2)16-19-14-18-15-24(13-11-20(18)26-19)21(25)22-12-7-6-10-17-8-4-3-5-9-17/h3-5,8-9,14H,6-7,10-13,15-16H2,1-2H3,(H,22,25). The van der Waals surface area contributed by atoms with Crippen molar-refractivity contribution in [3.8, 4) is 0 Å². The first-order valence-corrected chi connectivity index (χ1v) is 9.43. The van der Waals surface area contributed by atoms with Gasteiger partial charge in [-0.2, -0.15) is 0 Å². The van der Waals surface area contributed by atoms with Gasteiger partial charge in [-0.05, 0) is 45.0 Å². The van der Waals surface area contributed by atoms with Crippen LogP contribution in [0.1, 0.15) is 35.5 Å². The van der Waals surface area contributed by atoms with Crippen molar-refractivity contribution in [2.24, 2.45) is 0 Å². The number of furan rings is 1. The second kappa shape index (κ2) is 8.90. The lowest BCUT2D eigenvalue weighted by Gasteiger charge is -2.26. The van der Waals surface area contributed by atoms with Crippen LogP contribution in [0, 0.1) is 0 Å². The number of unbranched alkanes of at least 4 members (excludes halogenated alkanes) is 1. The van der Waals surface area contributed by atoms with Crippen molar-refractivity contribution in [1.29, 1.82) is 0 Å². The number of nitrogens with one attached hydrogen (secondary N) is 1. The predicted molar refractivity (Wildman–Crippen MR) is 103 cm³/mol. The van der Waals surface area contributed by atoms with E-state index in [0.29, 0.717) is 6.54 Å². The Bertz CT molecular complexity index is 709. The number of hydrogen-bond acceptors (Lipinski definition) is 3. The molecule has 0 fully saturated rings. The van der Waals surface area contributed by atoms with Crippen LogP contribution in [0.15, 0.2) is 40.8 Å². The quantitative estimate of drug-likeness (QED) is 0.774. The highest BCUT2D eigenvalue weighted by atomic mass is 16.3. The number of nitrogens with zero attached hydrogens (tertiary/aromatic N) is 2. The molecule has 2 aromatic rings. The summed E-state index contributed by atoms with van der Waals surface area (Å²) >= 11 is 0. The molecule has 0 spiro atoms. The van der Waals surface area contributed by atoms with E-state index in [1.807, 2.05) is 25.1 Å². The fourth-order valence-corrected chi connectivity index (χ4v) is 3.36. The lowest BCUT2D eigenvalue weighted by molar-refractivity contribution is 0.189. The van der Waals surface area contributed by atoms with Crippen LogP contribution in [-0.2, 0) is 25.9 Å². The zero-order valence-electron chi connectivity index (χ0n) is 15.8. The predicted octanol–water partition coefficient (Wildman–Crippen LogP) is 3.43. The van der Waals surface area contributed by atoms with Crippen LogP contribution in [0.25, 0.3) is 0 Å². The Morgan fingerprint density at radius 3 is 2.81 bits per heavy atom. The molecule has 140 valence electrons. The van der Waals surface area contributed by atoms with Crippen LogP contribution < -0.4 is 5.32 Å². The highest BCUT2D eigenvalue weighted by molar-refractivity contribution is 5.74. The van der Waals surface area contributed by atoms with Gasteiger partial charge < -0.3 is 19.5 Å². The average molecular weight is 355 g/mol. The van der Waals surface area contributed by atoms with Crippen molar-refractivity contribution in [2.75, 3.05) is 27.2 Å². The number of hydrogen-bond donors (Lipinski definition) is 1. The normalized spacial score (nSPS) is 13.7. The summed E-state index contributed by atoms with van der Waals surface area (Å²) in [5.41, 5.74) is 2.50. The lowest BCUT2D eigenvalue weighted by Crippen LogP contribution is -2.42. The summed E-state index contributed by atoms with van der Waals surface area (Å²) in [6.45, 7) is 2.88. The molecule has 2 heterocycles. The van der Waals surface area contributed by atoms with Crippen molar-refractivity contribution >= 4 is 6.03 Å². The molecule has 0 atom stereocenters. The zero-order valence-corrected chi connectivity index (χ0v) is 15.8. The van der Waals surface area contributed by atoms with Crippen molar-refractivity contribution in [3.05, 3.63) is 59.0 Å². The molecule has 3 rings (SSSR count). The van der Waals surface area contributed by atoms with Crippen LogP contribution >= 0.6 is 0 Å². The van der Waals surface area contributed by atoms with Gasteiger partial charge in [0.15, 0.2) is 0 Å². The molecule has 1 aromatic heterocycles. The molecule has 1 aliphatic rings. The number of benzene rings is 1. The highest BCUT2D eigenvalue weighted by Gasteiger charge is 2.23. The van der Waals surface area contributed by atoms with E-state index < -0.39 is 0 Å². The molecule has 0 radical (unpaired) electrons. The van der Waals surface area contributed by atoms with E-state index in [1.165, 1.54) is 5.56 Å². The van der Waals surface area contributed by atoms with Crippen LogP contribution in [-0.4, -0.2) is 43.0 Å². The molecule has 0 aliphatic carbocycles. The second-order valence-corrected chi connectivity index (χ2v) is 7.25. The van der Waals surface area contributed by atoms with Crippen LogP contribution in [0.4, 0.5) is 4.79 Å². The van der Waals surface area contributed by atoms with Crippen LogP contribution in [0.3, 0.4) is 0 Å². The molecule has 2 amide bonds. The molecule has 1 aliphatic heterocycles. The Morgan fingerprint density at radius 2 is 2.04 bits per heavy atom. The van der Waals surface area contributed by atoms with E-state index in [0.717, 1.165) is 62.4 Å². The fourth-order valence-electron chi connectivity index (χ4n) is 3.36. The van der Waals surface area contributed by atoms with Crippen molar-refractivity contribution in [2.45, 2.75) is 38.8 Å². The van der Waals surface area contributed by atoms with Gasteiger partial charge in [0, 0.05) is 25.1 Å². The maximum absolute atomic E-state index is 12.4. The minimum absolute atomic E-state index is 0.0331. The average Bonchev–Trinajstić information content (AvgIpc) is 3.02. The third-order valence-corrected chi connectivity index (χ3v) is 4.69. The third kappa shape index (κ3) is 5.11. The molecule has 1 N–H and O–H groups in total. The summed E-state index contributed by atoms with van der Waals surface area (Å²) < 4.78 is 5.90. The number of urea groups is 1. The van der Waals surface area contributed by atoms with E-state index in [9.17, 15) is 4.79 Å². The molecule has 5 heteroatoms. The summed E-state index contributed by atoms with van der Waals surface area (Å²) in [5.74, 6) is 2.01. The molecular weight excluding hydrogens is 326 g/mol.